The number of halogens is 2. The number of hydrogen-bond acceptors (Lipinski definition) is 4. The summed E-state index contributed by atoms with van der Waals surface area (Å²) >= 11 is 3.06. The summed E-state index contributed by atoms with van der Waals surface area (Å²) < 4.78 is 13.1. The second-order valence-electron chi connectivity index (χ2n) is 4.60. The fourth-order valence-corrected chi connectivity index (χ4v) is 2.20. The topological polar surface area (TPSA) is 96.0 Å². The maximum atomic E-state index is 12.8. The highest BCUT2D eigenvalue weighted by atomic mass is 79.9. The molecule has 2 aromatic rings. The Balaban J connectivity index is 2.27. The third kappa shape index (κ3) is 4.24. The van der Waals surface area contributed by atoms with Crippen LogP contribution in [0.1, 0.15) is 5.56 Å². The lowest BCUT2D eigenvalue weighted by molar-refractivity contribution is -0.385. The van der Waals surface area contributed by atoms with Gasteiger partial charge in [0.2, 0.25) is 0 Å². The van der Waals surface area contributed by atoms with E-state index < -0.39 is 16.6 Å². The van der Waals surface area contributed by atoms with Gasteiger partial charge in [0.05, 0.1) is 9.40 Å². The van der Waals surface area contributed by atoms with Crippen molar-refractivity contribution < 1.29 is 14.1 Å². The van der Waals surface area contributed by atoms with Crippen LogP contribution in [0.5, 0.6) is 0 Å². The molecule has 120 valence electrons. The Hall–Kier alpha value is -3.05. The Morgan fingerprint density at radius 1 is 1.29 bits per heavy atom. The summed E-state index contributed by atoms with van der Waals surface area (Å²) in [5.41, 5.74) is 0.232. The molecule has 0 aliphatic rings. The predicted molar refractivity (Wildman–Crippen MR) is 89.4 cm³/mol. The second-order valence-corrected chi connectivity index (χ2v) is 5.45. The minimum atomic E-state index is -0.699. The first kappa shape index (κ1) is 17.3. The van der Waals surface area contributed by atoms with E-state index in [1.165, 1.54) is 48.5 Å². The number of amides is 1. The highest BCUT2D eigenvalue weighted by Crippen LogP contribution is 2.26. The Labute approximate surface area is 144 Å². The molecule has 8 heteroatoms. The average Bonchev–Trinajstić information content (AvgIpc) is 2.55. The predicted octanol–water partition coefficient (Wildman–Crippen LogP) is 4.04. The first-order valence-corrected chi connectivity index (χ1v) is 7.32. The number of nitrogens with one attached hydrogen (secondary N) is 1. The number of hydrogen-bond donors (Lipinski definition) is 1. The average molecular weight is 390 g/mol. The van der Waals surface area contributed by atoms with Crippen molar-refractivity contribution in [3.63, 3.8) is 0 Å². The molecule has 1 amide bonds. The Kier molecular flexibility index (Phi) is 5.39. The van der Waals surface area contributed by atoms with Gasteiger partial charge in [-0.3, -0.25) is 14.9 Å². The van der Waals surface area contributed by atoms with E-state index in [1.54, 1.807) is 6.07 Å². The van der Waals surface area contributed by atoms with Gasteiger partial charge < -0.3 is 5.32 Å². The van der Waals surface area contributed by atoms with Crippen LogP contribution in [-0.4, -0.2) is 10.8 Å². The molecule has 0 saturated carbocycles. The molecule has 0 spiro atoms. The van der Waals surface area contributed by atoms with Gasteiger partial charge in [-0.05, 0) is 57.9 Å². The van der Waals surface area contributed by atoms with E-state index >= 15 is 0 Å². The Morgan fingerprint density at radius 3 is 2.54 bits per heavy atom. The van der Waals surface area contributed by atoms with Gasteiger partial charge in [0, 0.05) is 11.8 Å². The zero-order valence-corrected chi connectivity index (χ0v) is 13.6. The minimum absolute atomic E-state index is 0.181. The molecule has 2 rings (SSSR count). The van der Waals surface area contributed by atoms with E-state index in [0.717, 1.165) is 0 Å². The lowest BCUT2D eigenvalue weighted by Crippen LogP contribution is -2.13. The monoisotopic (exact) mass is 389 g/mol. The lowest BCUT2D eigenvalue weighted by Gasteiger charge is -2.04. The van der Waals surface area contributed by atoms with Gasteiger partial charge in [-0.2, -0.15) is 5.26 Å². The molecule has 0 aromatic heterocycles. The maximum absolute atomic E-state index is 12.8. The van der Waals surface area contributed by atoms with Crippen LogP contribution in [0.15, 0.2) is 52.5 Å². The molecule has 0 unspecified atom stereocenters. The van der Waals surface area contributed by atoms with Crippen molar-refractivity contribution in [3.8, 4) is 6.07 Å². The number of anilines is 1. The Morgan fingerprint density at radius 2 is 1.96 bits per heavy atom. The zero-order valence-electron chi connectivity index (χ0n) is 12.0. The van der Waals surface area contributed by atoms with Gasteiger partial charge in [0.1, 0.15) is 17.5 Å². The summed E-state index contributed by atoms with van der Waals surface area (Å²) in [6.45, 7) is 0. The summed E-state index contributed by atoms with van der Waals surface area (Å²) in [5.74, 6) is -1.15. The van der Waals surface area contributed by atoms with Crippen LogP contribution < -0.4 is 5.32 Å². The fourth-order valence-electron chi connectivity index (χ4n) is 1.81. The Bertz CT molecular complexity index is 873. The fraction of sp³-hybridized carbons (Fsp3) is 0. The number of rotatable bonds is 4. The third-order valence-corrected chi connectivity index (χ3v) is 3.62. The van der Waals surface area contributed by atoms with E-state index in [0.29, 0.717) is 15.7 Å². The van der Waals surface area contributed by atoms with Crippen molar-refractivity contribution in [2.45, 2.75) is 0 Å². The van der Waals surface area contributed by atoms with E-state index in [-0.39, 0.29) is 11.3 Å². The van der Waals surface area contributed by atoms with Crippen molar-refractivity contribution >= 4 is 39.3 Å². The first-order chi connectivity index (χ1) is 11.4. The van der Waals surface area contributed by atoms with Crippen LogP contribution in [0.2, 0.25) is 0 Å². The quantitative estimate of drug-likeness (QED) is 0.369. The molecule has 24 heavy (non-hydrogen) atoms. The van der Waals surface area contributed by atoms with Crippen LogP contribution in [0.4, 0.5) is 15.8 Å². The van der Waals surface area contributed by atoms with Gasteiger partial charge in [-0.1, -0.05) is 6.07 Å². The molecule has 0 fully saturated rings. The van der Waals surface area contributed by atoms with E-state index in [2.05, 4.69) is 21.2 Å². The lowest BCUT2D eigenvalue weighted by atomic mass is 10.1. The van der Waals surface area contributed by atoms with Crippen LogP contribution in [0.25, 0.3) is 6.08 Å². The van der Waals surface area contributed by atoms with Crippen molar-refractivity contribution in [1.29, 1.82) is 5.26 Å². The van der Waals surface area contributed by atoms with E-state index in [1.807, 2.05) is 0 Å². The van der Waals surface area contributed by atoms with Gasteiger partial charge in [0.25, 0.3) is 11.6 Å². The standard InChI is InChI=1S/C16H9BrFN3O3/c17-14-6-1-10(8-15(14)21(23)24)7-11(9-19)16(22)20-13-4-2-12(18)3-5-13/h1-8H,(H,20,22)/b11-7+. The first-order valence-electron chi connectivity index (χ1n) is 6.53. The van der Waals surface area contributed by atoms with Gasteiger partial charge >= 0.3 is 0 Å². The molecule has 6 nitrogen and oxygen atoms in total. The molecular weight excluding hydrogens is 381 g/mol. The van der Waals surface area contributed by atoms with Crippen LogP contribution in [0, 0.1) is 27.3 Å². The number of carbonyl (C=O) groups is 1. The third-order valence-electron chi connectivity index (χ3n) is 2.95. The van der Waals surface area contributed by atoms with E-state index in [9.17, 15) is 19.3 Å². The number of carbonyl (C=O) groups excluding carboxylic acids is 1. The normalized spacial score (nSPS) is 10.8. The van der Waals surface area contributed by atoms with Crippen molar-refractivity contribution in [2.24, 2.45) is 0 Å². The van der Waals surface area contributed by atoms with Crippen LogP contribution >= 0.6 is 15.9 Å². The molecule has 0 aliphatic carbocycles. The molecule has 0 radical (unpaired) electrons. The summed E-state index contributed by atoms with van der Waals surface area (Å²) in [6.07, 6.45) is 1.23. The second kappa shape index (κ2) is 7.48. The molecule has 0 heterocycles. The number of nitro benzene ring substituents is 1. The van der Waals surface area contributed by atoms with Crippen molar-refractivity contribution in [3.05, 3.63) is 74.0 Å². The number of nitro groups is 1. The van der Waals surface area contributed by atoms with Gasteiger partial charge in [-0.15, -0.1) is 0 Å². The van der Waals surface area contributed by atoms with Crippen LogP contribution in [0.3, 0.4) is 0 Å². The van der Waals surface area contributed by atoms with E-state index in [4.69, 9.17) is 5.26 Å². The molecule has 0 bridgehead atoms. The molecule has 2 aromatic carbocycles. The largest absolute Gasteiger partial charge is 0.321 e. The summed E-state index contributed by atoms with van der Waals surface area (Å²) in [4.78, 5) is 22.4. The number of benzene rings is 2. The highest BCUT2D eigenvalue weighted by molar-refractivity contribution is 9.10. The van der Waals surface area contributed by atoms with Crippen molar-refractivity contribution in [2.75, 3.05) is 5.32 Å². The number of nitriles is 1. The van der Waals surface area contributed by atoms with Crippen LogP contribution in [-0.2, 0) is 4.79 Å². The summed E-state index contributed by atoms with van der Waals surface area (Å²) in [6, 6.07) is 11.0. The molecule has 0 atom stereocenters. The number of nitrogens with zero attached hydrogens (tertiary/aromatic N) is 2. The molecular formula is C16H9BrFN3O3. The van der Waals surface area contributed by atoms with Gasteiger partial charge in [0.15, 0.2) is 0 Å². The van der Waals surface area contributed by atoms with Gasteiger partial charge in [-0.25, -0.2) is 4.39 Å². The smallest absolute Gasteiger partial charge is 0.284 e. The molecule has 0 aliphatic heterocycles. The summed E-state index contributed by atoms with van der Waals surface area (Å²) in [5, 5.41) is 22.5. The highest BCUT2D eigenvalue weighted by Gasteiger charge is 2.14. The zero-order chi connectivity index (χ0) is 17.7. The molecule has 0 saturated heterocycles. The SMILES string of the molecule is N#C/C(=C\c1ccc(Br)c([N+](=O)[O-])c1)C(=O)Nc1ccc(F)cc1. The summed E-state index contributed by atoms with van der Waals surface area (Å²) in [7, 11) is 0. The molecule has 1 N–H and O–H groups in total. The maximum Gasteiger partial charge on any atom is 0.284 e. The minimum Gasteiger partial charge on any atom is -0.321 e. The van der Waals surface area contributed by atoms with Crippen molar-refractivity contribution in [1.82, 2.24) is 0 Å².